The van der Waals surface area contributed by atoms with Crippen molar-refractivity contribution >= 4 is 23.2 Å². The van der Waals surface area contributed by atoms with Gasteiger partial charge in [0.05, 0.1) is 11.4 Å². The van der Waals surface area contributed by atoms with E-state index in [1.54, 1.807) is 0 Å². The summed E-state index contributed by atoms with van der Waals surface area (Å²) in [5.41, 5.74) is 2.10. The Morgan fingerprint density at radius 1 is 0.500 bits per heavy atom. The van der Waals surface area contributed by atoms with Crippen molar-refractivity contribution in [2.75, 3.05) is 10.6 Å². The van der Waals surface area contributed by atoms with Gasteiger partial charge in [-0.05, 0) is 96.0 Å². The van der Waals surface area contributed by atoms with Crippen molar-refractivity contribution in [3.63, 3.8) is 0 Å². The average Bonchev–Trinajstić information content (AvgIpc) is 2.82. The number of amides is 2. The zero-order valence-electron chi connectivity index (χ0n) is 27.8. The van der Waals surface area contributed by atoms with E-state index < -0.39 is 0 Å². The van der Waals surface area contributed by atoms with Crippen LogP contribution in [0.4, 0.5) is 11.4 Å². The van der Waals surface area contributed by atoms with Gasteiger partial charge in [0.25, 0.3) is 0 Å². The Labute approximate surface area is 246 Å². The van der Waals surface area contributed by atoms with E-state index in [2.05, 4.69) is 93.7 Å². The predicted molar refractivity (Wildman–Crippen MR) is 170 cm³/mol. The fourth-order valence-corrected chi connectivity index (χ4v) is 7.07. The Morgan fingerprint density at radius 3 is 0.975 bits per heavy atom. The van der Waals surface area contributed by atoms with E-state index >= 15 is 0 Å². The quantitative estimate of drug-likeness (QED) is 0.390. The van der Waals surface area contributed by atoms with Crippen molar-refractivity contribution < 1.29 is 9.59 Å². The Balaban J connectivity index is 1.77. The van der Waals surface area contributed by atoms with Crippen molar-refractivity contribution in [1.82, 2.24) is 0 Å². The van der Waals surface area contributed by atoms with Crippen molar-refractivity contribution in [3.05, 3.63) is 24.3 Å². The molecule has 226 valence electrons. The number of carbonyl (C=O) groups is 2. The number of anilines is 2. The Kier molecular flexibility index (Phi) is 9.64. The highest BCUT2D eigenvalue weighted by molar-refractivity contribution is 6.00. The number of carbonyl (C=O) groups excluding carboxylic acids is 2. The van der Waals surface area contributed by atoms with Crippen molar-refractivity contribution in [1.29, 1.82) is 0 Å². The largest absolute Gasteiger partial charge is 0.324 e. The molecule has 0 spiro atoms. The highest BCUT2D eigenvalue weighted by Crippen LogP contribution is 2.50. The van der Waals surface area contributed by atoms with Gasteiger partial charge in [0.2, 0.25) is 11.8 Å². The first-order valence-corrected chi connectivity index (χ1v) is 15.9. The van der Waals surface area contributed by atoms with Crippen LogP contribution in [0.5, 0.6) is 0 Å². The van der Waals surface area contributed by atoms with Crippen LogP contribution in [-0.2, 0) is 9.59 Å². The van der Waals surface area contributed by atoms with Crippen LogP contribution in [0, 0.1) is 57.2 Å². The molecule has 1 aromatic rings. The molecular formula is C36H60N2O2. The lowest BCUT2D eigenvalue weighted by molar-refractivity contribution is -0.124. The molecular weight excluding hydrogens is 492 g/mol. The van der Waals surface area contributed by atoms with Crippen molar-refractivity contribution in [3.8, 4) is 0 Å². The molecule has 2 aliphatic carbocycles. The fraction of sp³-hybridized carbons (Fsp3) is 0.778. The first kappa shape index (κ1) is 32.7. The van der Waals surface area contributed by atoms with E-state index in [9.17, 15) is 9.59 Å². The second-order valence-corrected chi connectivity index (χ2v) is 17.6. The molecule has 2 amide bonds. The van der Waals surface area contributed by atoms with E-state index in [4.69, 9.17) is 0 Å². The van der Waals surface area contributed by atoms with Crippen molar-refractivity contribution in [2.24, 2.45) is 57.2 Å². The molecule has 2 aliphatic rings. The Morgan fingerprint density at radius 2 is 0.750 bits per heavy atom. The molecule has 0 heterocycles. The predicted octanol–water partition coefficient (Wildman–Crippen LogP) is 9.81. The summed E-state index contributed by atoms with van der Waals surface area (Å²) in [4.78, 5) is 27.5. The van der Waals surface area contributed by atoms with Gasteiger partial charge in [-0.1, -0.05) is 95.2 Å². The zero-order chi connectivity index (χ0) is 30.3. The normalized spacial score (nSPS) is 28.6. The Bertz CT molecular complexity index is 904. The molecule has 2 saturated carbocycles. The molecule has 40 heavy (non-hydrogen) atoms. The van der Waals surface area contributed by atoms with Crippen LogP contribution in [0.2, 0.25) is 0 Å². The summed E-state index contributed by atoms with van der Waals surface area (Å²) < 4.78 is 0. The number of nitrogens with one attached hydrogen (secondary N) is 2. The van der Waals surface area contributed by atoms with E-state index in [0.717, 1.165) is 25.7 Å². The Hall–Kier alpha value is -1.84. The van der Waals surface area contributed by atoms with E-state index in [-0.39, 0.29) is 45.3 Å². The van der Waals surface area contributed by atoms with E-state index in [1.165, 1.54) is 12.8 Å². The lowest BCUT2D eigenvalue weighted by Crippen LogP contribution is -2.40. The zero-order valence-corrected chi connectivity index (χ0v) is 27.8. The average molecular weight is 553 g/mol. The molecule has 2 fully saturated rings. The third-order valence-electron chi connectivity index (χ3n) is 10.5. The minimum absolute atomic E-state index is 0.0237. The highest BCUT2D eigenvalue weighted by Gasteiger charge is 2.43. The molecule has 0 aromatic heterocycles. The summed E-state index contributed by atoms with van der Waals surface area (Å²) in [6, 6.07) is 7.73. The molecule has 0 saturated heterocycles. The highest BCUT2D eigenvalue weighted by atomic mass is 16.2. The van der Waals surface area contributed by atoms with Crippen LogP contribution in [0.1, 0.15) is 122 Å². The van der Waals surface area contributed by atoms with Gasteiger partial charge in [0.15, 0.2) is 0 Å². The molecule has 4 nitrogen and oxygen atoms in total. The molecule has 0 radical (unpaired) electrons. The lowest BCUT2D eigenvalue weighted by Gasteiger charge is -2.45. The van der Waals surface area contributed by atoms with E-state index in [0.29, 0.717) is 35.0 Å². The first-order chi connectivity index (χ1) is 18.2. The van der Waals surface area contributed by atoms with Gasteiger partial charge in [-0.15, -0.1) is 0 Å². The monoisotopic (exact) mass is 552 g/mol. The van der Waals surface area contributed by atoms with Crippen LogP contribution >= 0.6 is 0 Å². The van der Waals surface area contributed by atoms with Gasteiger partial charge in [0, 0.05) is 11.8 Å². The molecule has 0 aliphatic heterocycles. The third-order valence-corrected chi connectivity index (χ3v) is 10.5. The SMILES string of the molecule is CC(C)(C)C1CC(C(=O)Nc2ccccc2NC(=O)C2CC(C(C)(C)C)CC(C(C)(C)C)C2)CC(C(C)(C)C)C1. The molecule has 4 unspecified atom stereocenters. The number of hydrogen-bond donors (Lipinski definition) is 2. The number of rotatable bonds is 4. The second kappa shape index (κ2) is 11.8. The minimum Gasteiger partial charge on any atom is -0.324 e. The number of hydrogen-bond acceptors (Lipinski definition) is 2. The molecule has 0 bridgehead atoms. The third kappa shape index (κ3) is 8.35. The van der Waals surface area contributed by atoms with Crippen molar-refractivity contribution in [2.45, 2.75) is 122 Å². The molecule has 1 aromatic carbocycles. The summed E-state index contributed by atoms with van der Waals surface area (Å²) in [5, 5.41) is 6.49. The topological polar surface area (TPSA) is 58.2 Å². The molecule has 4 heteroatoms. The van der Waals surface area contributed by atoms with Crippen LogP contribution in [0.25, 0.3) is 0 Å². The maximum Gasteiger partial charge on any atom is 0.227 e. The molecule has 3 rings (SSSR count). The summed E-state index contributed by atoms with van der Waals surface area (Å²) in [6.45, 7) is 27.7. The molecule has 2 N–H and O–H groups in total. The summed E-state index contributed by atoms with van der Waals surface area (Å²) >= 11 is 0. The maximum absolute atomic E-state index is 13.7. The summed E-state index contributed by atoms with van der Waals surface area (Å²) in [5.74, 6) is 2.16. The van der Waals surface area contributed by atoms with Crippen LogP contribution in [-0.4, -0.2) is 11.8 Å². The molecule has 4 atom stereocenters. The van der Waals surface area contributed by atoms with Gasteiger partial charge in [0.1, 0.15) is 0 Å². The van der Waals surface area contributed by atoms with Gasteiger partial charge >= 0.3 is 0 Å². The summed E-state index contributed by atoms with van der Waals surface area (Å²) in [7, 11) is 0. The van der Waals surface area contributed by atoms with Gasteiger partial charge in [-0.2, -0.15) is 0 Å². The smallest absolute Gasteiger partial charge is 0.227 e. The van der Waals surface area contributed by atoms with Gasteiger partial charge in [-0.3, -0.25) is 9.59 Å². The lowest BCUT2D eigenvalue weighted by atomic mass is 9.60. The van der Waals surface area contributed by atoms with Crippen LogP contribution < -0.4 is 10.6 Å². The van der Waals surface area contributed by atoms with E-state index in [1.807, 2.05) is 24.3 Å². The first-order valence-electron chi connectivity index (χ1n) is 15.9. The summed E-state index contributed by atoms with van der Waals surface area (Å²) in [6.07, 6.45) is 6.02. The van der Waals surface area contributed by atoms with Crippen LogP contribution in [0.15, 0.2) is 24.3 Å². The fourth-order valence-electron chi connectivity index (χ4n) is 7.07. The second-order valence-electron chi connectivity index (χ2n) is 17.6. The van der Waals surface area contributed by atoms with Gasteiger partial charge in [-0.25, -0.2) is 0 Å². The number of para-hydroxylation sites is 2. The van der Waals surface area contributed by atoms with Gasteiger partial charge < -0.3 is 10.6 Å². The number of benzene rings is 1. The maximum atomic E-state index is 13.7. The van der Waals surface area contributed by atoms with Crippen LogP contribution in [0.3, 0.4) is 0 Å². The standard InChI is InChI=1S/C36H60N2O2/c1-33(2,3)25-17-23(18-26(21-25)34(4,5)6)31(39)37-29-15-13-14-16-30(29)38-32(40)24-19-27(35(7,8)9)22-28(20-24)36(10,11)12/h13-16,23-28H,17-22H2,1-12H3,(H,37,39)(H,38,40). The minimum atomic E-state index is -0.0237.